The van der Waals surface area contributed by atoms with E-state index in [1.54, 1.807) is 24.3 Å². The van der Waals surface area contributed by atoms with Crippen LogP contribution in [0.4, 0.5) is 26.3 Å². The van der Waals surface area contributed by atoms with E-state index in [4.69, 9.17) is 0 Å². The molecule has 0 nitrogen and oxygen atoms in total. The zero-order valence-corrected chi connectivity index (χ0v) is 28.4. The molecule has 4 aromatic rings. The van der Waals surface area contributed by atoms with Crippen molar-refractivity contribution >= 4 is 15.4 Å². The van der Waals surface area contributed by atoms with Crippen LogP contribution < -0.4 is 0 Å². The maximum atomic E-state index is 13.2. The monoisotopic (exact) mass is 770 g/mol. The molecule has 0 saturated heterocycles. The minimum absolute atomic E-state index is 0.164. The van der Waals surface area contributed by atoms with Gasteiger partial charge in [-0.3, -0.25) is 0 Å². The van der Waals surface area contributed by atoms with Crippen LogP contribution in [0.25, 0.3) is 34.4 Å². The van der Waals surface area contributed by atoms with Gasteiger partial charge in [-0.1, -0.05) is 0 Å². The first-order chi connectivity index (χ1) is 20.6. The second-order valence-electron chi connectivity index (χ2n) is 13.1. The SMILES string of the molecule is C[C](C)=[Hf]([CH3])([CH3])([CH]1C=Cc2c(-c3ccc(C(F)(F)F)cc3)cccc21)[CH]1C=Cc2c(-c3ccc(C(F)(F)F)cc3)cccc21. The second-order valence-corrected chi connectivity index (χ2v) is 39.9. The van der Waals surface area contributed by atoms with E-state index in [-0.39, 0.29) is 7.35 Å². The molecule has 0 spiro atoms. The van der Waals surface area contributed by atoms with Crippen LogP contribution >= 0.6 is 0 Å². The van der Waals surface area contributed by atoms with Gasteiger partial charge in [0.2, 0.25) is 0 Å². The Hall–Kier alpha value is -3.32. The molecule has 7 heteroatoms. The van der Waals surface area contributed by atoms with Crippen LogP contribution in [0, 0.1) is 0 Å². The van der Waals surface area contributed by atoms with Gasteiger partial charge >= 0.3 is 255 Å². The molecule has 0 N–H and O–H groups in total. The van der Waals surface area contributed by atoms with Crippen LogP contribution in [0.5, 0.6) is 0 Å². The molecule has 0 aromatic heterocycles. The van der Waals surface area contributed by atoms with Crippen LogP contribution in [-0.4, -0.2) is 3.26 Å². The van der Waals surface area contributed by atoms with Crippen molar-refractivity contribution < 1.29 is 44.4 Å². The van der Waals surface area contributed by atoms with Crippen molar-refractivity contribution in [1.82, 2.24) is 0 Å². The average Bonchev–Trinajstić information content (AvgIpc) is 3.62. The molecule has 2 aliphatic rings. The van der Waals surface area contributed by atoms with E-state index in [1.165, 1.54) is 14.4 Å². The van der Waals surface area contributed by atoms with E-state index in [0.29, 0.717) is 0 Å². The number of halogens is 6. The summed E-state index contributed by atoms with van der Waals surface area (Å²) in [5.41, 5.74) is 6.46. The third-order valence-electron chi connectivity index (χ3n) is 10.4. The Balaban J connectivity index is 1.43. The number of alkyl halides is 6. The summed E-state index contributed by atoms with van der Waals surface area (Å²) < 4.78 is 86.1. The number of benzene rings is 4. The summed E-state index contributed by atoms with van der Waals surface area (Å²) in [5, 5.41) is 0. The summed E-state index contributed by atoms with van der Waals surface area (Å²) >= 11 is -4.20. The summed E-state index contributed by atoms with van der Waals surface area (Å²) in [6.45, 7) is 4.46. The molecule has 0 fully saturated rings. The Kier molecular flexibility index (Phi) is 7.23. The van der Waals surface area contributed by atoms with Crippen molar-refractivity contribution in [3.05, 3.63) is 130 Å². The number of hydrogen-bond acceptors (Lipinski definition) is 0. The molecule has 0 saturated carbocycles. The summed E-state index contributed by atoms with van der Waals surface area (Å²) in [4.78, 5) is 0. The Labute approximate surface area is 254 Å². The topological polar surface area (TPSA) is 0 Å². The molecule has 0 heterocycles. The van der Waals surface area contributed by atoms with Crippen molar-refractivity contribution in [1.29, 1.82) is 0 Å². The molecule has 2 aliphatic carbocycles. The summed E-state index contributed by atoms with van der Waals surface area (Å²) in [6.07, 6.45) is 0.0888. The van der Waals surface area contributed by atoms with Gasteiger partial charge in [0.25, 0.3) is 0 Å². The average molecular weight is 769 g/mol. The zero-order chi connectivity index (χ0) is 31.7. The molecule has 6 rings (SSSR count). The Morgan fingerprint density at radius 2 is 0.909 bits per heavy atom. The summed E-state index contributed by atoms with van der Waals surface area (Å²) in [5.74, 6) is 0. The van der Waals surface area contributed by atoms with E-state index >= 15 is 0 Å². The molecule has 226 valence electrons. The van der Waals surface area contributed by atoms with Gasteiger partial charge in [0.15, 0.2) is 0 Å². The molecule has 0 aliphatic heterocycles. The molecule has 0 radical (unpaired) electrons. The van der Waals surface area contributed by atoms with E-state index in [0.717, 1.165) is 57.6 Å². The first-order valence-electron chi connectivity index (χ1n) is 14.6. The van der Waals surface area contributed by atoms with Gasteiger partial charge in [0.05, 0.1) is 0 Å². The Morgan fingerprint density at radius 3 is 1.23 bits per heavy atom. The predicted octanol–water partition coefficient (Wildman–Crippen LogP) is 11.9. The van der Waals surface area contributed by atoms with Gasteiger partial charge in [-0.25, -0.2) is 0 Å². The van der Waals surface area contributed by atoms with Crippen molar-refractivity contribution in [2.75, 3.05) is 0 Å². The number of allylic oxidation sites excluding steroid dienone is 2. The fraction of sp³-hybridized carbons (Fsp3) is 0.216. The van der Waals surface area contributed by atoms with Crippen LogP contribution in [0.3, 0.4) is 0 Å². The number of fused-ring (bicyclic) bond motifs is 2. The molecule has 2 unspecified atom stereocenters. The van der Waals surface area contributed by atoms with Crippen LogP contribution in [-0.2, 0) is 30.4 Å². The van der Waals surface area contributed by atoms with Gasteiger partial charge in [-0.05, 0) is 0 Å². The Morgan fingerprint density at radius 1 is 0.545 bits per heavy atom. The van der Waals surface area contributed by atoms with E-state index in [1.807, 2.05) is 24.3 Å². The molecule has 0 bridgehead atoms. The third-order valence-corrected chi connectivity index (χ3v) is 39.1. The third kappa shape index (κ3) is 4.83. The van der Waals surface area contributed by atoms with E-state index in [9.17, 15) is 26.3 Å². The molecule has 0 amide bonds. The van der Waals surface area contributed by atoms with Crippen LogP contribution in [0.2, 0.25) is 9.36 Å². The quantitative estimate of drug-likeness (QED) is 0.143. The molecule has 44 heavy (non-hydrogen) atoms. The first kappa shape index (κ1) is 30.7. The molecular weight excluding hydrogens is 737 g/mol. The second kappa shape index (κ2) is 10.4. The van der Waals surface area contributed by atoms with Gasteiger partial charge in [0.1, 0.15) is 0 Å². The van der Waals surface area contributed by atoms with E-state index in [2.05, 4.69) is 59.6 Å². The normalized spacial score (nSPS) is 18.0. The fourth-order valence-electron chi connectivity index (χ4n) is 7.22. The van der Waals surface area contributed by atoms with Crippen molar-refractivity contribution in [3.8, 4) is 22.3 Å². The summed E-state index contributed by atoms with van der Waals surface area (Å²) in [7, 11) is 0. The minimum atomic E-state index is -4.39. The number of rotatable bonds is 4. The Bertz CT molecular complexity index is 1760. The van der Waals surface area contributed by atoms with E-state index < -0.39 is 41.5 Å². The summed E-state index contributed by atoms with van der Waals surface area (Å²) in [6, 6.07) is 22.9. The van der Waals surface area contributed by atoms with Gasteiger partial charge in [-0.2, -0.15) is 0 Å². The predicted molar refractivity (Wildman–Crippen MR) is 165 cm³/mol. The molecular formula is C37H32F6Hf. The molecule has 4 aromatic carbocycles. The van der Waals surface area contributed by atoms with Crippen LogP contribution in [0.1, 0.15) is 54.6 Å². The molecule has 2 atom stereocenters. The maximum absolute atomic E-state index is 13.2. The first-order valence-corrected chi connectivity index (χ1v) is 27.7. The van der Waals surface area contributed by atoms with Crippen molar-refractivity contribution in [2.24, 2.45) is 0 Å². The van der Waals surface area contributed by atoms with Crippen molar-refractivity contribution in [2.45, 2.75) is 42.9 Å². The van der Waals surface area contributed by atoms with Gasteiger partial charge < -0.3 is 0 Å². The van der Waals surface area contributed by atoms with Gasteiger partial charge in [-0.15, -0.1) is 0 Å². The fourth-order valence-corrected chi connectivity index (χ4v) is 26.7. The number of hydrogen-bond donors (Lipinski definition) is 0. The van der Waals surface area contributed by atoms with Crippen molar-refractivity contribution in [3.63, 3.8) is 0 Å². The van der Waals surface area contributed by atoms with Crippen LogP contribution in [0.15, 0.2) is 97.1 Å². The standard InChI is InChI=1S/2C16H10F3.C3H6.2CH3.Hf/c2*17-16(18,19)13-9-7-12(8-10-13)15-6-2-4-11-3-1-5-14(11)15;1-3-2;;;/h2*1-10H;1-2H3;2*1H3;. The van der Waals surface area contributed by atoms with Gasteiger partial charge in [0, 0.05) is 0 Å². The zero-order valence-electron chi connectivity index (χ0n) is 24.8.